The number of phenolic OH excluding ortho intramolecular Hbond substituents is 1. The SMILES string of the molecule is Cc1nc(-c2ccc(C(C)(C)C)cc2)ncc1C(=O)N[C@@H](CCN)C(=O)N(C)[C@@H]1C(=O)N[C@@H](C)C(=O)N[C@H](C(=O)NCC#N)Cc2ccc(O)c(c2)-c2cc1ccc2OCCN. The molecule has 17 nitrogen and oxygen atoms in total. The van der Waals surface area contributed by atoms with Crippen LogP contribution in [0.15, 0.2) is 66.9 Å². The van der Waals surface area contributed by atoms with Gasteiger partial charge in [-0.3, -0.25) is 24.0 Å². The van der Waals surface area contributed by atoms with Crippen molar-refractivity contribution in [3.63, 3.8) is 0 Å². The zero-order chi connectivity index (χ0) is 45.3. The maximum absolute atomic E-state index is 14.5. The number of fused-ring (bicyclic) bond motifs is 5. The van der Waals surface area contributed by atoms with Crippen molar-refractivity contribution in [3.05, 3.63) is 94.8 Å². The number of carbonyl (C=O) groups is 5. The highest BCUT2D eigenvalue weighted by molar-refractivity contribution is 6.00. The highest BCUT2D eigenvalue weighted by atomic mass is 16.5. The average Bonchev–Trinajstić information content (AvgIpc) is 3.24. The number of aromatic hydroxyl groups is 1. The number of nitrogens with two attached hydrogens (primary N) is 2. The highest BCUT2D eigenvalue weighted by Crippen LogP contribution is 2.39. The third kappa shape index (κ3) is 10.9. The fraction of sp³-hybridized carbons (Fsp3) is 0.378. The Kier molecular flexibility index (Phi) is 15.0. The molecule has 5 rings (SSSR count). The predicted molar refractivity (Wildman–Crippen MR) is 231 cm³/mol. The summed E-state index contributed by atoms with van der Waals surface area (Å²) in [6, 6.07) is 14.0. The number of aryl methyl sites for hydroxylation is 1. The zero-order valence-corrected chi connectivity index (χ0v) is 35.7. The molecule has 0 fully saturated rings. The van der Waals surface area contributed by atoms with Gasteiger partial charge in [-0.2, -0.15) is 5.26 Å². The molecule has 0 saturated heterocycles. The van der Waals surface area contributed by atoms with E-state index in [1.807, 2.05) is 30.3 Å². The molecule has 3 aromatic carbocycles. The molecule has 4 aromatic rings. The van der Waals surface area contributed by atoms with Crippen LogP contribution < -0.4 is 37.5 Å². The van der Waals surface area contributed by atoms with Gasteiger partial charge in [-0.05, 0) is 73.2 Å². The molecule has 4 bridgehead atoms. The molecule has 2 heterocycles. The third-order valence-electron chi connectivity index (χ3n) is 10.5. The molecule has 4 atom stereocenters. The number of benzene rings is 3. The Balaban J connectivity index is 1.52. The Labute approximate surface area is 360 Å². The fourth-order valence-electron chi connectivity index (χ4n) is 7.03. The first-order chi connectivity index (χ1) is 29.5. The van der Waals surface area contributed by atoms with Gasteiger partial charge in [-0.25, -0.2) is 9.97 Å². The standard InChI is InChI=1S/C45H54N10O7/c1-25-33(24-50-39(51-25)28-8-11-30(12-9-28)45(3,4)5)41(58)53-34(15-16-46)44(61)55(6)38-29-10-14-37(62-20-18-48)32(23-29)31-21-27(7-13-36(31)56)22-35(42(59)49-19-17-47)54-40(57)26(2)52-43(38)60/h7-14,21,23-24,26,34-35,38,56H,15-16,18-20,22,46,48H2,1-6H3,(H,49,59)(H,52,60)(H,53,58)(H,54,57)/t26-,34-,35-,38-/m0/s1. The van der Waals surface area contributed by atoms with Crippen LogP contribution in [0.25, 0.3) is 22.5 Å². The minimum absolute atomic E-state index is 0.00632. The number of nitrogens with one attached hydrogen (secondary N) is 4. The molecule has 0 saturated carbocycles. The second kappa shape index (κ2) is 20.1. The summed E-state index contributed by atoms with van der Waals surface area (Å²) >= 11 is 0. The van der Waals surface area contributed by atoms with Gasteiger partial charge in [0.15, 0.2) is 5.82 Å². The van der Waals surface area contributed by atoms with E-state index in [1.54, 1.807) is 37.3 Å². The van der Waals surface area contributed by atoms with Crippen molar-refractivity contribution >= 4 is 29.5 Å². The Morgan fingerprint density at radius 1 is 1.02 bits per heavy atom. The van der Waals surface area contributed by atoms with Crippen molar-refractivity contribution in [1.82, 2.24) is 36.1 Å². The summed E-state index contributed by atoms with van der Waals surface area (Å²) in [5, 5.41) is 30.8. The number of carbonyl (C=O) groups excluding carboxylic acids is 5. The van der Waals surface area contributed by atoms with Gasteiger partial charge in [0.2, 0.25) is 23.6 Å². The number of nitriles is 1. The minimum Gasteiger partial charge on any atom is -0.507 e. The maximum atomic E-state index is 14.5. The van der Waals surface area contributed by atoms with Gasteiger partial charge in [0.1, 0.15) is 48.8 Å². The van der Waals surface area contributed by atoms with E-state index in [9.17, 15) is 29.1 Å². The molecule has 1 aliphatic heterocycles. The summed E-state index contributed by atoms with van der Waals surface area (Å²) in [5.74, 6) is -2.90. The summed E-state index contributed by atoms with van der Waals surface area (Å²) in [6.45, 7) is 9.40. The molecule has 1 aliphatic rings. The van der Waals surface area contributed by atoms with Crippen molar-refractivity contribution in [2.75, 3.05) is 33.3 Å². The molecule has 0 aliphatic carbocycles. The van der Waals surface area contributed by atoms with Crippen LogP contribution in [-0.4, -0.2) is 101 Å². The van der Waals surface area contributed by atoms with Gasteiger partial charge in [0.25, 0.3) is 5.91 Å². The molecule has 5 amide bonds. The number of likely N-dealkylation sites (N-methyl/N-ethyl adjacent to an activating group) is 1. The number of amides is 5. The van der Waals surface area contributed by atoms with E-state index < -0.39 is 53.7 Å². The van der Waals surface area contributed by atoms with Crippen LogP contribution >= 0.6 is 0 Å². The van der Waals surface area contributed by atoms with Crippen molar-refractivity contribution in [3.8, 4) is 40.1 Å². The fourth-order valence-corrected chi connectivity index (χ4v) is 7.03. The van der Waals surface area contributed by atoms with Crippen LogP contribution in [0.3, 0.4) is 0 Å². The summed E-state index contributed by atoms with van der Waals surface area (Å²) in [5.41, 5.74) is 15.5. The molecule has 0 unspecified atom stereocenters. The van der Waals surface area contributed by atoms with Crippen molar-refractivity contribution in [2.24, 2.45) is 11.5 Å². The largest absolute Gasteiger partial charge is 0.507 e. The summed E-state index contributed by atoms with van der Waals surface area (Å²) in [7, 11) is 1.39. The number of phenols is 1. The van der Waals surface area contributed by atoms with Gasteiger partial charge in [-0.15, -0.1) is 0 Å². The van der Waals surface area contributed by atoms with Crippen molar-refractivity contribution < 1.29 is 33.8 Å². The average molecular weight is 847 g/mol. The zero-order valence-electron chi connectivity index (χ0n) is 35.7. The Bertz CT molecular complexity index is 2360. The van der Waals surface area contributed by atoms with Crippen LogP contribution in [0.2, 0.25) is 0 Å². The summed E-state index contributed by atoms with van der Waals surface area (Å²) < 4.78 is 5.97. The molecule has 9 N–H and O–H groups in total. The van der Waals surface area contributed by atoms with Crippen LogP contribution in [-0.2, 0) is 31.0 Å². The summed E-state index contributed by atoms with van der Waals surface area (Å²) in [4.78, 5) is 79.7. The van der Waals surface area contributed by atoms with Gasteiger partial charge >= 0.3 is 0 Å². The number of hydrogen-bond donors (Lipinski definition) is 7. The molecule has 1 aromatic heterocycles. The van der Waals surface area contributed by atoms with E-state index in [2.05, 4.69) is 52.0 Å². The van der Waals surface area contributed by atoms with E-state index in [0.717, 1.165) is 16.0 Å². The number of hydrogen-bond acceptors (Lipinski definition) is 12. The van der Waals surface area contributed by atoms with E-state index >= 15 is 0 Å². The van der Waals surface area contributed by atoms with Gasteiger partial charge in [0.05, 0.1) is 17.3 Å². The van der Waals surface area contributed by atoms with Crippen LogP contribution in [0.5, 0.6) is 11.5 Å². The van der Waals surface area contributed by atoms with E-state index in [-0.39, 0.29) is 66.9 Å². The van der Waals surface area contributed by atoms with Crippen LogP contribution in [0.4, 0.5) is 0 Å². The molecule has 62 heavy (non-hydrogen) atoms. The van der Waals surface area contributed by atoms with Gasteiger partial charge < -0.3 is 47.5 Å². The van der Waals surface area contributed by atoms with Crippen molar-refractivity contribution in [2.45, 2.75) is 77.0 Å². The quantitative estimate of drug-likeness (QED) is 0.101. The number of rotatable bonds is 12. The van der Waals surface area contributed by atoms with E-state index in [4.69, 9.17) is 21.5 Å². The lowest BCUT2D eigenvalue weighted by Gasteiger charge is -2.32. The number of ether oxygens (including phenoxy) is 1. The first kappa shape index (κ1) is 46.2. The maximum Gasteiger partial charge on any atom is 0.255 e. The van der Waals surface area contributed by atoms with Crippen LogP contribution in [0.1, 0.15) is 72.9 Å². The van der Waals surface area contributed by atoms with Crippen molar-refractivity contribution in [1.29, 1.82) is 5.26 Å². The summed E-state index contributed by atoms with van der Waals surface area (Å²) in [6.07, 6.45) is 1.35. The second-order valence-corrected chi connectivity index (χ2v) is 16.1. The lowest BCUT2D eigenvalue weighted by Crippen LogP contribution is -2.56. The monoisotopic (exact) mass is 846 g/mol. The second-order valence-electron chi connectivity index (χ2n) is 16.1. The normalized spacial score (nSPS) is 17.0. The molecule has 326 valence electrons. The smallest absolute Gasteiger partial charge is 0.255 e. The van der Waals surface area contributed by atoms with Gasteiger partial charge in [0, 0.05) is 42.9 Å². The van der Waals surface area contributed by atoms with E-state index in [1.165, 1.54) is 26.2 Å². The highest BCUT2D eigenvalue weighted by Gasteiger charge is 2.36. The van der Waals surface area contributed by atoms with Crippen LogP contribution in [0, 0.1) is 18.3 Å². The Morgan fingerprint density at radius 2 is 1.74 bits per heavy atom. The first-order valence-electron chi connectivity index (χ1n) is 20.2. The predicted octanol–water partition coefficient (Wildman–Crippen LogP) is 2.29. The van der Waals surface area contributed by atoms with Gasteiger partial charge in [-0.1, -0.05) is 57.2 Å². The lowest BCUT2D eigenvalue weighted by atomic mass is 9.87. The molecular weight excluding hydrogens is 793 g/mol. The minimum atomic E-state index is -1.42. The van der Waals surface area contributed by atoms with E-state index in [0.29, 0.717) is 28.4 Å². The topological polar surface area (TPSA) is 268 Å². The number of nitrogens with zero attached hydrogens (tertiary/aromatic N) is 4. The Morgan fingerprint density at radius 3 is 2.39 bits per heavy atom. The lowest BCUT2D eigenvalue weighted by molar-refractivity contribution is -0.141. The third-order valence-corrected chi connectivity index (χ3v) is 10.5. The molecule has 0 radical (unpaired) electrons. The molecule has 17 heteroatoms. The molecular formula is C45H54N10O7. The Hall–Kier alpha value is -6.90. The first-order valence-corrected chi connectivity index (χ1v) is 20.2. The number of aromatic nitrogens is 2. The molecule has 0 spiro atoms.